The molecule has 2 rings (SSSR count). The number of benzene rings is 1. The first-order valence-corrected chi connectivity index (χ1v) is 7.71. The van der Waals surface area contributed by atoms with Gasteiger partial charge in [0.25, 0.3) is 0 Å². The van der Waals surface area contributed by atoms with Gasteiger partial charge >= 0.3 is 0 Å². The van der Waals surface area contributed by atoms with Crippen LogP contribution in [0.4, 0.5) is 0 Å². The van der Waals surface area contributed by atoms with E-state index in [1.165, 1.54) is 37.1 Å². The van der Waals surface area contributed by atoms with Crippen LogP contribution in [0.1, 0.15) is 43.9 Å². The van der Waals surface area contributed by atoms with Crippen LogP contribution in [0.25, 0.3) is 0 Å². The molecule has 1 N–H and O–H groups in total. The van der Waals surface area contributed by atoms with Crippen molar-refractivity contribution in [2.75, 3.05) is 26.7 Å². The van der Waals surface area contributed by atoms with Crippen molar-refractivity contribution in [3.8, 4) is 0 Å². The zero-order chi connectivity index (χ0) is 13.7. The highest BCUT2D eigenvalue weighted by molar-refractivity contribution is 5.25. The van der Waals surface area contributed by atoms with Crippen LogP contribution in [0.2, 0.25) is 0 Å². The summed E-state index contributed by atoms with van der Waals surface area (Å²) in [5.74, 6) is 0.910. The zero-order valence-corrected chi connectivity index (χ0v) is 12.7. The number of piperidine rings is 1. The predicted molar refractivity (Wildman–Crippen MR) is 82.5 cm³/mol. The third-order valence-electron chi connectivity index (χ3n) is 4.46. The van der Waals surface area contributed by atoms with Gasteiger partial charge in [0.05, 0.1) is 0 Å². The van der Waals surface area contributed by atoms with Gasteiger partial charge in [-0.15, -0.1) is 0 Å². The van der Waals surface area contributed by atoms with Crippen molar-refractivity contribution < 1.29 is 0 Å². The van der Waals surface area contributed by atoms with E-state index < -0.39 is 0 Å². The van der Waals surface area contributed by atoms with Crippen LogP contribution in [0.3, 0.4) is 0 Å². The smallest absolute Gasteiger partial charge is 0.0446 e. The maximum absolute atomic E-state index is 3.47. The van der Waals surface area contributed by atoms with Gasteiger partial charge in [0, 0.05) is 12.6 Å². The van der Waals surface area contributed by atoms with Gasteiger partial charge in [0.2, 0.25) is 0 Å². The molecule has 0 bridgehead atoms. The Morgan fingerprint density at radius 1 is 1.21 bits per heavy atom. The molecule has 1 aromatic carbocycles. The molecule has 1 unspecified atom stereocenters. The van der Waals surface area contributed by atoms with Crippen molar-refractivity contribution in [3.05, 3.63) is 35.4 Å². The van der Waals surface area contributed by atoms with Crippen LogP contribution in [-0.4, -0.2) is 31.6 Å². The highest BCUT2D eigenvalue weighted by Gasteiger charge is 2.19. The SMILES string of the molecule is CCc1ccc(C(CN2CCC(C)CC2)NC)cc1. The molecule has 106 valence electrons. The molecule has 0 radical (unpaired) electrons. The third kappa shape index (κ3) is 4.05. The number of rotatable bonds is 5. The van der Waals surface area contributed by atoms with Gasteiger partial charge in [-0.2, -0.15) is 0 Å². The minimum atomic E-state index is 0.458. The van der Waals surface area contributed by atoms with E-state index in [-0.39, 0.29) is 0 Å². The average molecular weight is 260 g/mol. The molecule has 1 atom stereocenters. The Labute approximate surface area is 118 Å². The van der Waals surface area contributed by atoms with E-state index in [4.69, 9.17) is 0 Å². The topological polar surface area (TPSA) is 15.3 Å². The van der Waals surface area contributed by atoms with Gasteiger partial charge in [-0.1, -0.05) is 38.1 Å². The molecule has 0 saturated carbocycles. The van der Waals surface area contributed by atoms with E-state index in [2.05, 4.69) is 55.4 Å². The molecule has 2 nitrogen and oxygen atoms in total. The van der Waals surface area contributed by atoms with Crippen molar-refractivity contribution in [2.45, 2.75) is 39.2 Å². The summed E-state index contributed by atoms with van der Waals surface area (Å²) in [7, 11) is 2.07. The van der Waals surface area contributed by atoms with Gasteiger partial charge in [-0.05, 0) is 56.4 Å². The quantitative estimate of drug-likeness (QED) is 0.874. The van der Waals surface area contributed by atoms with Crippen molar-refractivity contribution in [3.63, 3.8) is 0 Å². The van der Waals surface area contributed by atoms with Gasteiger partial charge in [-0.3, -0.25) is 0 Å². The van der Waals surface area contributed by atoms with Crippen LogP contribution >= 0.6 is 0 Å². The minimum Gasteiger partial charge on any atom is -0.312 e. The molecular weight excluding hydrogens is 232 g/mol. The molecule has 0 amide bonds. The lowest BCUT2D eigenvalue weighted by Gasteiger charge is -2.33. The summed E-state index contributed by atoms with van der Waals surface area (Å²) in [6.07, 6.45) is 3.82. The number of likely N-dealkylation sites (N-methyl/N-ethyl adjacent to an activating group) is 1. The van der Waals surface area contributed by atoms with Crippen LogP contribution in [0.15, 0.2) is 24.3 Å². The zero-order valence-electron chi connectivity index (χ0n) is 12.7. The lowest BCUT2D eigenvalue weighted by molar-refractivity contribution is 0.177. The Kier molecular flexibility index (Phi) is 5.41. The fourth-order valence-electron chi connectivity index (χ4n) is 2.85. The summed E-state index contributed by atoms with van der Waals surface area (Å²) >= 11 is 0. The van der Waals surface area contributed by atoms with E-state index in [9.17, 15) is 0 Å². The number of nitrogens with one attached hydrogen (secondary N) is 1. The first-order chi connectivity index (χ1) is 9.22. The minimum absolute atomic E-state index is 0.458. The number of likely N-dealkylation sites (tertiary alicyclic amines) is 1. The van der Waals surface area contributed by atoms with Crippen molar-refractivity contribution in [2.24, 2.45) is 5.92 Å². The van der Waals surface area contributed by atoms with Crippen LogP contribution in [-0.2, 0) is 6.42 Å². The molecule has 1 aliphatic rings. The molecule has 1 saturated heterocycles. The van der Waals surface area contributed by atoms with Crippen LogP contribution < -0.4 is 5.32 Å². The Bertz CT molecular complexity index is 363. The Morgan fingerprint density at radius 3 is 2.37 bits per heavy atom. The second-order valence-corrected chi connectivity index (χ2v) is 5.92. The Balaban J connectivity index is 1.95. The Morgan fingerprint density at radius 2 is 1.84 bits per heavy atom. The number of hydrogen-bond donors (Lipinski definition) is 1. The van der Waals surface area contributed by atoms with Crippen molar-refractivity contribution in [1.82, 2.24) is 10.2 Å². The Hall–Kier alpha value is -0.860. The second-order valence-electron chi connectivity index (χ2n) is 5.92. The van der Waals surface area contributed by atoms with E-state index in [0.717, 1.165) is 18.9 Å². The summed E-state index contributed by atoms with van der Waals surface area (Å²) in [5.41, 5.74) is 2.84. The maximum Gasteiger partial charge on any atom is 0.0446 e. The highest BCUT2D eigenvalue weighted by Crippen LogP contribution is 2.20. The molecule has 1 heterocycles. The summed E-state index contributed by atoms with van der Waals surface area (Å²) < 4.78 is 0. The number of hydrogen-bond acceptors (Lipinski definition) is 2. The molecule has 19 heavy (non-hydrogen) atoms. The molecule has 0 aliphatic carbocycles. The number of aryl methyl sites for hydroxylation is 1. The largest absolute Gasteiger partial charge is 0.312 e. The van der Waals surface area contributed by atoms with E-state index >= 15 is 0 Å². The molecule has 1 aliphatic heterocycles. The van der Waals surface area contributed by atoms with Gasteiger partial charge in [-0.25, -0.2) is 0 Å². The van der Waals surface area contributed by atoms with E-state index in [1.54, 1.807) is 0 Å². The lowest BCUT2D eigenvalue weighted by Crippen LogP contribution is -2.38. The molecule has 1 aromatic rings. The molecule has 0 spiro atoms. The average Bonchev–Trinajstić information content (AvgIpc) is 2.47. The first-order valence-electron chi connectivity index (χ1n) is 7.71. The van der Waals surface area contributed by atoms with Crippen LogP contribution in [0, 0.1) is 5.92 Å². The summed E-state index contributed by atoms with van der Waals surface area (Å²) in [4.78, 5) is 2.61. The molecular formula is C17H28N2. The van der Waals surface area contributed by atoms with E-state index in [0.29, 0.717) is 6.04 Å². The fourth-order valence-corrected chi connectivity index (χ4v) is 2.85. The number of nitrogens with zero attached hydrogens (tertiary/aromatic N) is 1. The second kappa shape index (κ2) is 7.06. The first kappa shape index (κ1) is 14.5. The van der Waals surface area contributed by atoms with E-state index in [1.807, 2.05) is 0 Å². The highest BCUT2D eigenvalue weighted by atomic mass is 15.1. The lowest BCUT2D eigenvalue weighted by atomic mass is 9.97. The fraction of sp³-hybridized carbons (Fsp3) is 0.647. The van der Waals surface area contributed by atoms with Gasteiger partial charge < -0.3 is 10.2 Å². The molecule has 0 aromatic heterocycles. The molecule has 2 heteroatoms. The monoisotopic (exact) mass is 260 g/mol. The summed E-state index contributed by atoms with van der Waals surface area (Å²) in [6.45, 7) is 8.23. The van der Waals surface area contributed by atoms with Gasteiger partial charge in [0.15, 0.2) is 0 Å². The maximum atomic E-state index is 3.47. The predicted octanol–water partition coefficient (Wildman–Crippen LogP) is 3.24. The molecule has 1 fully saturated rings. The summed E-state index contributed by atoms with van der Waals surface area (Å²) in [5, 5.41) is 3.47. The van der Waals surface area contributed by atoms with Crippen molar-refractivity contribution in [1.29, 1.82) is 0 Å². The van der Waals surface area contributed by atoms with Crippen molar-refractivity contribution >= 4 is 0 Å². The normalized spacial score (nSPS) is 19.5. The standard InChI is InChI=1S/C17H28N2/c1-4-15-5-7-16(8-6-15)17(18-3)13-19-11-9-14(2)10-12-19/h5-8,14,17-18H,4,9-13H2,1-3H3. The van der Waals surface area contributed by atoms with Gasteiger partial charge in [0.1, 0.15) is 0 Å². The third-order valence-corrected chi connectivity index (χ3v) is 4.46. The van der Waals surface area contributed by atoms with Crippen LogP contribution in [0.5, 0.6) is 0 Å². The summed E-state index contributed by atoms with van der Waals surface area (Å²) in [6, 6.07) is 9.55.